The van der Waals surface area contributed by atoms with Crippen LogP contribution in [0.4, 0.5) is 0 Å². The SMILES string of the molecule is C=C(Cl)/C=C\C(=C/C)C1(C(=NC)N/N=C/c2ccc(O)cc2)CCC1. The summed E-state index contributed by atoms with van der Waals surface area (Å²) in [7, 11) is 1.77. The molecule has 25 heavy (non-hydrogen) atoms. The number of nitrogens with one attached hydrogen (secondary N) is 1. The molecule has 0 aromatic heterocycles. The third-order valence-corrected chi connectivity index (χ3v) is 4.59. The fourth-order valence-electron chi connectivity index (χ4n) is 3.00. The van der Waals surface area contributed by atoms with Crippen LogP contribution in [-0.4, -0.2) is 24.2 Å². The van der Waals surface area contributed by atoms with Gasteiger partial charge >= 0.3 is 0 Å². The Hall–Kier alpha value is -2.33. The summed E-state index contributed by atoms with van der Waals surface area (Å²) in [5, 5.41) is 14.1. The fourth-order valence-corrected chi connectivity index (χ4v) is 3.07. The van der Waals surface area contributed by atoms with E-state index in [1.54, 1.807) is 37.5 Å². The van der Waals surface area contributed by atoms with Crippen LogP contribution in [0.3, 0.4) is 0 Å². The molecule has 0 unspecified atom stereocenters. The zero-order valence-corrected chi connectivity index (χ0v) is 15.4. The number of phenolic OH excluding ortho intramolecular Hbond substituents is 1. The minimum Gasteiger partial charge on any atom is -0.508 e. The minimum absolute atomic E-state index is 0.154. The summed E-state index contributed by atoms with van der Waals surface area (Å²) in [5.41, 5.74) is 5.01. The Kier molecular flexibility index (Phi) is 6.59. The average molecular weight is 358 g/mol. The normalized spacial score (nSPS) is 17.7. The maximum atomic E-state index is 9.32. The van der Waals surface area contributed by atoms with E-state index < -0.39 is 0 Å². The second-order valence-electron chi connectivity index (χ2n) is 5.99. The van der Waals surface area contributed by atoms with Crippen molar-refractivity contribution in [2.24, 2.45) is 15.5 Å². The number of halogens is 1. The van der Waals surface area contributed by atoms with E-state index in [0.717, 1.165) is 36.2 Å². The molecule has 5 heteroatoms. The molecule has 4 nitrogen and oxygen atoms in total. The number of hydrogen-bond acceptors (Lipinski definition) is 3. The van der Waals surface area contributed by atoms with Crippen LogP contribution >= 0.6 is 11.6 Å². The summed E-state index contributed by atoms with van der Waals surface area (Å²) in [5.74, 6) is 1.08. The third kappa shape index (κ3) is 4.60. The largest absolute Gasteiger partial charge is 0.508 e. The standard InChI is InChI=1S/C20H24ClN3O/c1-4-17(9-6-15(2)21)20(12-5-13-20)19(22-3)24-23-14-16-7-10-18(25)11-8-16/h4,6-11,14,25H,2,5,12-13H2,1,3H3,(H,22,24)/b9-6-,17-4+,23-14+. The lowest BCUT2D eigenvalue weighted by Crippen LogP contribution is -2.45. The van der Waals surface area contributed by atoms with Gasteiger partial charge in [-0.15, -0.1) is 0 Å². The van der Waals surface area contributed by atoms with Crippen molar-refractivity contribution in [3.63, 3.8) is 0 Å². The van der Waals surface area contributed by atoms with E-state index in [4.69, 9.17) is 11.6 Å². The Morgan fingerprint density at radius 3 is 2.44 bits per heavy atom. The number of nitrogens with zero attached hydrogens (tertiary/aromatic N) is 2. The molecule has 0 saturated heterocycles. The monoisotopic (exact) mass is 357 g/mol. The van der Waals surface area contributed by atoms with Crippen molar-refractivity contribution in [3.05, 3.63) is 65.2 Å². The number of aliphatic imine (C=N–C) groups is 1. The van der Waals surface area contributed by atoms with E-state index in [-0.39, 0.29) is 11.2 Å². The van der Waals surface area contributed by atoms with Crippen molar-refractivity contribution >= 4 is 23.7 Å². The molecule has 0 radical (unpaired) electrons. The maximum absolute atomic E-state index is 9.32. The first-order chi connectivity index (χ1) is 12.0. The molecule has 2 N–H and O–H groups in total. The molecule has 1 fully saturated rings. The van der Waals surface area contributed by atoms with Crippen LogP contribution in [0.5, 0.6) is 5.75 Å². The molecule has 0 heterocycles. The van der Waals surface area contributed by atoms with Crippen LogP contribution in [0.1, 0.15) is 31.7 Å². The van der Waals surface area contributed by atoms with Crippen molar-refractivity contribution in [3.8, 4) is 5.75 Å². The Balaban J connectivity index is 2.16. The highest BCUT2D eigenvalue weighted by Gasteiger charge is 2.44. The lowest BCUT2D eigenvalue weighted by molar-refractivity contribution is 0.284. The highest BCUT2D eigenvalue weighted by Crippen LogP contribution is 2.48. The van der Waals surface area contributed by atoms with Crippen LogP contribution in [0, 0.1) is 5.41 Å². The predicted octanol–water partition coefficient (Wildman–Crippen LogP) is 4.77. The third-order valence-electron chi connectivity index (χ3n) is 4.47. The van der Waals surface area contributed by atoms with Gasteiger partial charge in [0.25, 0.3) is 0 Å². The highest BCUT2D eigenvalue weighted by atomic mass is 35.5. The summed E-state index contributed by atoms with van der Waals surface area (Å²) < 4.78 is 0. The van der Waals surface area contributed by atoms with E-state index in [9.17, 15) is 5.11 Å². The van der Waals surface area contributed by atoms with Crippen molar-refractivity contribution in [1.82, 2.24) is 5.43 Å². The summed E-state index contributed by atoms with van der Waals surface area (Å²) >= 11 is 5.87. The summed E-state index contributed by atoms with van der Waals surface area (Å²) in [6, 6.07) is 6.86. The van der Waals surface area contributed by atoms with E-state index in [2.05, 4.69) is 28.2 Å². The van der Waals surface area contributed by atoms with E-state index in [1.807, 2.05) is 19.1 Å². The molecule has 132 valence electrons. The van der Waals surface area contributed by atoms with Gasteiger partial charge < -0.3 is 5.11 Å². The topological polar surface area (TPSA) is 57.0 Å². The number of benzene rings is 1. The summed E-state index contributed by atoms with van der Waals surface area (Å²) in [6.07, 6.45) is 10.8. The molecule has 1 aromatic rings. The van der Waals surface area contributed by atoms with Crippen molar-refractivity contribution in [2.45, 2.75) is 26.2 Å². The smallest absolute Gasteiger partial charge is 0.127 e. The average Bonchev–Trinajstić information content (AvgIpc) is 2.56. The van der Waals surface area contributed by atoms with E-state index in [0.29, 0.717) is 5.03 Å². The lowest BCUT2D eigenvalue weighted by Gasteiger charge is -2.43. The molecule has 1 saturated carbocycles. The number of aromatic hydroxyl groups is 1. The summed E-state index contributed by atoms with van der Waals surface area (Å²) in [6.45, 7) is 5.72. The van der Waals surface area contributed by atoms with E-state index >= 15 is 0 Å². The van der Waals surface area contributed by atoms with Crippen LogP contribution < -0.4 is 5.43 Å². The second-order valence-corrected chi connectivity index (χ2v) is 6.48. The Morgan fingerprint density at radius 2 is 1.96 bits per heavy atom. The van der Waals surface area contributed by atoms with E-state index in [1.165, 1.54) is 0 Å². The van der Waals surface area contributed by atoms with Crippen LogP contribution in [0.25, 0.3) is 0 Å². The van der Waals surface area contributed by atoms with Gasteiger partial charge in [-0.3, -0.25) is 10.4 Å². The molecule has 2 rings (SSSR count). The van der Waals surface area contributed by atoms with Gasteiger partial charge in [-0.25, -0.2) is 0 Å². The lowest BCUT2D eigenvalue weighted by atomic mass is 9.63. The molecule has 0 bridgehead atoms. The summed E-state index contributed by atoms with van der Waals surface area (Å²) in [4.78, 5) is 4.45. The zero-order valence-electron chi connectivity index (χ0n) is 14.7. The molecule has 0 amide bonds. The van der Waals surface area contributed by atoms with Gasteiger partial charge in [0.2, 0.25) is 0 Å². The van der Waals surface area contributed by atoms with Crippen LogP contribution in [0.2, 0.25) is 0 Å². The number of hydrogen-bond donors (Lipinski definition) is 2. The number of phenols is 1. The van der Waals surface area contributed by atoms with Crippen molar-refractivity contribution in [1.29, 1.82) is 0 Å². The van der Waals surface area contributed by atoms with Gasteiger partial charge in [0.1, 0.15) is 11.6 Å². The van der Waals surface area contributed by atoms with Gasteiger partial charge in [0.15, 0.2) is 0 Å². The van der Waals surface area contributed by atoms with Crippen molar-refractivity contribution < 1.29 is 5.11 Å². The zero-order chi connectivity index (χ0) is 18.3. The molecule has 0 spiro atoms. The molecule has 1 aromatic carbocycles. The number of rotatable bonds is 6. The molecule has 0 aliphatic heterocycles. The molecular weight excluding hydrogens is 334 g/mol. The maximum Gasteiger partial charge on any atom is 0.127 e. The Morgan fingerprint density at radius 1 is 1.28 bits per heavy atom. The van der Waals surface area contributed by atoms with Gasteiger partial charge in [0.05, 0.1) is 11.6 Å². The Bertz CT molecular complexity index is 726. The first-order valence-electron chi connectivity index (χ1n) is 8.26. The second kappa shape index (κ2) is 8.67. The molecular formula is C20H24ClN3O. The number of amidine groups is 1. The minimum atomic E-state index is -0.154. The van der Waals surface area contributed by atoms with Gasteiger partial charge in [-0.05, 0) is 61.2 Å². The first kappa shape index (κ1) is 19.0. The number of allylic oxidation sites excluding steroid dienone is 4. The molecule has 1 aliphatic carbocycles. The number of hydrazone groups is 1. The van der Waals surface area contributed by atoms with Crippen LogP contribution in [-0.2, 0) is 0 Å². The van der Waals surface area contributed by atoms with Crippen molar-refractivity contribution in [2.75, 3.05) is 7.05 Å². The molecule has 0 atom stereocenters. The Labute approximate surface area is 154 Å². The quantitative estimate of drug-likeness (QED) is 0.333. The van der Waals surface area contributed by atoms with Gasteiger partial charge in [-0.1, -0.05) is 36.8 Å². The van der Waals surface area contributed by atoms with Crippen LogP contribution in [0.15, 0.2) is 69.8 Å². The molecule has 1 aliphatic rings. The predicted molar refractivity (Wildman–Crippen MR) is 106 cm³/mol. The fraction of sp³-hybridized carbons (Fsp3) is 0.300. The highest BCUT2D eigenvalue weighted by molar-refractivity contribution is 6.30. The van der Waals surface area contributed by atoms with Gasteiger partial charge in [0, 0.05) is 12.1 Å². The van der Waals surface area contributed by atoms with Gasteiger partial charge in [-0.2, -0.15) is 5.10 Å². The first-order valence-corrected chi connectivity index (χ1v) is 8.64.